The first-order chi connectivity index (χ1) is 10.5. The summed E-state index contributed by atoms with van der Waals surface area (Å²) in [6.07, 6.45) is -4.98. The van der Waals surface area contributed by atoms with Crippen LogP contribution in [0.1, 0.15) is 20.3 Å². The third-order valence-corrected chi connectivity index (χ3v) is 4.55. The summed E-state index contributed by atoms with van der Waals surface area (Å²) in [7, 11) is 0. The summed E-state index contributed by atoms with van der Waals surface area (Å²) in [6.45, 7) is 2.20. The number of hydrogen-bond donors (Lipinski definition) is 3. The number of rotatable bonds is 6. The van der Waals surface area contributed by atoms with E-state index in [0.717, 1.165) is 0 Å². The molecule has 0 radical (unpaired) electrons. The minimum absolute atomic E-state index is 0.0345. The standard InChI is InChI=1S/C14H17ClF3NO3S/c1-3-8(20)7-23-9-4-5-11(10(15)6-9)19-12(21)13(2,22)14(16,17)18/h4-6,8,20,22H,3,7H2,1-2H3,(H,19,21)/t8?,13-/m1/s1. The number of carbonyl (C=O) groups is 1. The molecule has 0 aliphatic carbocycles. The zero-order valence-corrected chi connectivity index (χ0v) is 14.0. The number of benzene rings is 1. The summed E-state index contributed by atoms with van der Waals surface area (Å²) in [5, 5.41) is 20.8. The van der Waals surface area contributed by atoms with Gasteiger partial charge in [-0.3, -0.25) is 4.79 Å². The van der Waals surface area contributed by atoms with Crippen molar-refractivity contribution in [3.63, 3.8) is 0 Å². The number of aliphatic hydroxyl groups is 2. The summed E-state index contributed by atoms with van der Waals surface area (Å²) >= 11 is 7.26. The van der Waals surface area contributed by atoms with Crippen molar-refractivity contribution < 1.29 is 28.2 Å². The van der Waals surface area contributed by atoms with E-state index >= 15 is 0 Å². The molecule has 0 heterocycles. The van der Waals surface area contributed by atoms with Crippen LogP contribution in [0, 0.1) is 0 Å². The van der Waals surface area contributed by atoms with Crippen LogP contribution in [-0.4, -0.2) is 39.8 Å². The van der Waals surface area contributed by atoms with Crippen molar-refractivity contribution in [1.29, 1.82) is 0 Å². The molecule has 130 valence electrons. The minimum Gasteiger partial charge on any atom is -0.392 e. The maximum Gasteiger partial charge on any atom is 0.426 e. The minimum atomic E-state index is -5.10. The van der Waals surface area contributed by atoms with Crippen LogP contribution in [0.25, 0.3) is 0 Å². The second-order valence-corrected chi connectivity index (χ2v) is 6.54. The SMILES string of the molecule is CCC(O)CSc1ccc(NC(=O)[C@@](C)(O)C(F)(F)F)c(Cl)c1. The summed E-state index contributed by atoms with van der Waals surface area (Å²) in [4.78, 5) is 12.3. The highest BCUT2D eigenvalue weighted by Crippen LogP contribution is 2.33. The van der Waals surface area contributed by atoms with Crippen LogP contribution < -0.4 is 5.32 Å². The number of carbonyl (C=O) groups excluding carboxylic acids is 1. The number of thioether (sulfide) groups is 1. The second kappa shape index (κ2) is 7.74. The summed E-state index contributed by atoms with van der Waals surface area (Å²) in [5.41, 5.74) is -3.56. The Kier molecular flexibility index (Phi) is 6.76. The van der Waals surface area contributed by atoms with Gasteiger partial charge in [-0.05, 0) is 31.5 Å². The Morgan fingerprint density at radius 3 is 2.52 bits per heavy atom. The molecular formula is C14H17ClF3NO3S. The maximum absolute atomic E-state index is 12.6. The monoisotopic (exact) mass is 371 g/mol. The molecule has 1 rings (SSSR count). The highest BCUT2D eigenvalue weighted by Gasteiger charge is 2.55. The van der Waals surface area contributed by atoms with Gasteiger partial charge >= 0.3 is 6.18 Å². The van der Waals surface area contributed by atoms with Crippen molar-refractivity contribution in [2.24, 2.45) is 0 Å². The van der Waals surface area contributed by atoms with Gasteiger partial charge in [-0.1, -0.05) is 18.5 Å². The average Bonchev–Trinajstić information content (AvgIpc) is 2.45. The van der Waals surface area contributed by atoms with E-state index in [4.69, 9.17) is 11.6 Å². The normalized spacial score (nSPS) is 15.8. The summed E-state index contributed by atoms with van der Waals surface area (Å²) < 4.78 is 37.8. The highest BCUT2D eigenvalue weighted by atomic mass is 35.5. The molecule has 9 heteroatoms. The van der Waals surface area contributed by atoms with Gasteiger partial charge in [0, 0.05) is 10.6 Å². The van der Waals surface area contributed by atoms with E-state index in [-0.39, 0.29) is 10.7 Å². The third-order valence-electron chi connectivity index (χ3n) is 3.10. The molecule has 0 bridgehead atoms. The van der Waals surface area contributed by atoms with E-state index < -0.39 is 23.8 Å². The molecule has 0 saturated carbocycles. The van der Waals surface area contributed by atoms with Gasteiger partial charge in [0.2, 0.25) is 5.60 Å². The van der Waals surface area contributed by atoms with Gasteiger partial charge in [0.15, 0.2) is 0 Å². The van der Waals surface area contributed by atoms with E-state index in [0.29, 0.717) is 24.0 Å². The lowest BCUT2D eigenvalue weighted by Crippen LogP contribution is -2.52. The first-order valence-corrected chi connectivity index (χ1v) is 8.06. The van der Waals surface area contributed by atoms with Crippen molar-refractivity contribution >= 4 is 35.0 Å². The van der Waals surface area contributed by atoms with E-state index in [1.54, 1.807) is 6.07 Å². The molecule has 1 unspecified atom stereocenters. The number of hydrogen-bond acceptors (Lipinski definition) is 4. The molecule has 0 spiro atoms. The average molecular weight is 372 g/mol. The van der Waals surface area contributed by atoms with Crippen LogP contribution in [-0.2, 0) is 4.79 Å². The topological polar surface area (TPSA) is 69.6 Å². The van der Waals surface area contributed by atoms with E-state index in [1.807, 2.05) is 12.2 Å². The fraction of sp³-hybridized carbons (Fsp3) is 0.500. The van der Waals surface area contributed by atoms with Crippen LogP contribution >= 0.6 is 23.4 Å². The lowest BCUT2D eigenvalue weighted by atomic mass is 10.1. The first-order valence-electron chi connectivity index (χ1n) is 6.70. The van der Waals surface area contributed by atoms with Crippen LogP contribution in [0.4, 0.5) is 18.9 Å². The molecule has 0 saturated heterocycles. The molecule has 1 aromatic carbocycles. The number of amides is 1. The predicted molar refractivity (Wildman–Crippen MR) is 83.8 cm³/mol. The fourth-order valence-electron chi connectivity index (χ4n) is 1.37. The molecule has 0 aliphatic heterocycles. The molecule has 4 nitrogen and oxygen atoms in total. The smallest absolute Gasteiger partial charge is 0.392 e. The number of anilines is 1. The third kappa shape index (κ3) is 5.27. The second-order valence-electron chi connectivity index (χ2n) is 5.04. The van der Waals surface area contributed by atoms with Crippen molar-refractivity contribution in [2.45, 2.75) is 43.0 Å². The molecular weight excluding hydrogens is 355 g/mol. The van der Waals surface area contributed by atoms with Crippen LogP contribution in [0.15, 0.2) is 23.1 Å². The van der Waals surface area contributed by atoms with Gasteiger partial charge in [-0.2, -0.15) is 13.2 Å². The maximum atomic E-state index is 12.6. The van der Waals surface area contributed by atoms with E-state index in [2.05, 4.69) is 0 Å². The predicted octanol–water partition coefficient (Wildman–Crippen LogP) is 3.45. The Morgan fingerprint density at radius 1 is 1.43 bits per heavy atom. The molecule has 0 aliphatic rings. The molecule has 1 amide bonds. The Bertz CT molecular complexity index is 567. The van der Waals surface area contributed by atoms with Gasteiger partial charge in [0.25, 0.3) is 5.91 Å². The Hall–Kier alpha value is -0.960. The number of alkyl halides is 3. The molecule has 1 aromatic rings. The lowest BCUT2D eigenvalue weighted by molar-refractivity contribution is -0.242. The number of nitrogens with one attached hydrogen (secondary N) is 1. The van der Waals surface area contributed by atoms with Crippen LogP contribution in [0.3, 0.4) is 0 Å². The van der Waals surface area contributed by atoms with Crippen molar-refractivity contribution in [2.75, 3.05) is 11.1 Å². The summed E-state index contributed by atoms with van der Waals surface area (Å²) in [5.74, 6) is -1.17. The van der Waals surface area contributed by atoms with Crippen molar-refractivity contribution in [1.82, 2.24) is 0 Å². The molecule has 0 fully saturated rings. The Morgan fingerprint density at radius 2 is 2.04 bits per heavy atom. The van der Waals surface area contributed by atoms with Gasteiger partial charge in [0.1, 0.15) is 0 Å². The van der Waals surface area contributed by atoms with Crippen LogP contribution in [0.5, 0.6) is 0 Å². The molecule has 0 aromatic heterocycles. The molecule has 2 atom stereocenters. The van der Waals surface area contributed by atoms with Gasteiger partial charge in [0.05, 0.1) is 16.8 Å². The Labute approximate surface area is 141 Å². The zero-order valence-electron chi connectivity index (χ0n) is 12.4. The van der Waals surface area contributed by atoms with Crippen molar-refractivity contribution in [3.8, 4) is 0 Å². The Balaban J connectivity index is 2.81. The summed E-state index contributed by atoms with van der Waals surface area (Å²) in [6, 6.07) is 4.36. The fourth-order valence-corrected chi connectivity index (χ4v) is 2.65. The lowest BCUT2D eigenvalue weighted by Gasteiger charge is -2.25. The van der Waals surface area contributed by atoms with Gasteiger partial charge < -0.3 is 15.5 Å². The van der Waals surface area contributed by atoms with Gasteiger partial charge in [-0.25, -0.2) is 0 Å². The van der Waals surface area contributed by atoms with E-state index in [9.17, 15) is 28.2 Å². The first kappa shape index (κ1) is 20.1. The number of halogens is 4. The highest BCUT2D eigenvalue weighted by molar-refractivity contribution is 7.99. The largest absolute Gasteiger partial charge is 0.426 e. The van der Waals surface area contributed by atoms with E-state index in [1.165, 1.54) is 23.9 Å². The molecule has 23 heavy (non-hydrogen) atoms. The molecule has 3 N–H and O–H groups in total. The quantitative estimate of drug-likeness (QED) is 0.670. The van der Waals surface area contributed by atoms with Crippen LogP contribution in [0.2, 0.25) is 5.02 Å². The number of aliphatic hydroxyl groups excluding tert-OH is 1. The van der Waals surface area contributed by atoms with Gasteiger partial charge in [-0.15, -0.1) is 11.8 Å². The zero-order chi connectivity index (χ0) is 17.8. The van der Waals surface area contributed by atoms with Crippen molar-refractivity contribution in [3.05, 3.63) is 23.2 Å².